The fourth-order valence-corrected chi connectivity index (χ4v) is 5.19. The van der Waals surface area contributed by atoms with Crippen LogP contribution in [0, 0.1) is 0 Å². The average Bonchev–Trinajstić information content (AvgIpc) is 3.10. The molecule has 8 heteroatoms. The van der Waals surface area contributed by atoms with Crippen LogP contribution in [0.2, 0.25) is 0 Å². The molecule has 0 bridgehead atoms. The summed E-state index contributed by atoms with van der Waals surface area (Å²) in [5.41, 5.74) is 3.75. The standard InChI is InChI=1S/C38H45NO7/c1-2-43-35(42)23-33(39-24-29-15-7-3-8-16-29)36(44-26-30-17-9-4-10-18-30)38(46-28-32-21-13-6-14-22-32)37(34(41)25-40)45-27-31-19-11-5-12-20-31/h3-22,33-34,36-41H,2,23-28H2,1H3/t33-,34-,36+,37-,38-/m1/s1. The molecule has 0 radical (unpaired) electrons. The second-order valence-electron chi connectivity index (χ2n) is 11.0. The van der Waals surface area contributed by atoms with Crippen LogP contribution in [0.15, 0.2) is 121 Å². The van der Waals surface area contributed by atoms with Gasteiger partial charge in [-0.3, -0.25) is 4.79 Å². The molecule has 46 heavy (non-hydrogen) atoms. The lowest BCUT2D eigenvalue weighted by molar-refractivity contribution is -0.191. The Morgan fingerprint density at radius 2 is 1.04 bits per heavy atom. The molecule has 0 heterocycles. The topological polar surface area (TPSA) is 106 Å². The summed E-state index contributed by atoms with van der Waals surface area (Å²) in [6.45, 7) is 2.45. The van der Waals surface area contributed by atoms with Crippen LogP contribution >= 0.6 is 0 Å². The maximum atomic E-state index is 13.0. The Kier molecular flexibility index (Phi) is 14.9. The number of ether oxygens (including phenoxy) is 4. The maximum Gasteiger partial charge on any atom is 0.307 e. The van der Waals surface area contributed by atoms with Crippen molar-refractivity contribution in [3.63, 3.8) is 0 Å². The van der Waals surface area contributed by atoms with E-state index in [-0.39, 0.29) is 32.8 Å². The van der Waals surface area contributed by atoms with E-state index < -0.39 is 43.0 Å². The molecule has 0 aliphatic rings. The maximum absolute atomic E-state index is 13.0. The van der Waals surface area contributed by atoms with Crippen molar-refractivity contribution in [3.8, 4) is 0 Å². The Morgan fingerprint density at radius 3 is 1.48 bits per heavy atom. The molecule has 0 aliphatic carbocycles. The predicted molar refractivity (Wildman–Crippen MR) is 176 cm³/mol. The van der Waals surface area contributed by atoms with Crippen LogP contribution < -0.4 is 5.32 Å². The lowest BCUT2D eigenvalue weighted by Crippen LogP contribution is -2.57. The number of nitrogens with one attached hydrogen (secondary N) is 1. The van der Waals surface area contributed by atoms with E-state index in [4.69, 9.17) is 18.9 Å². The number of benzene rings is 4. The number of carbonyl (C=O) groups is 1. The van der Waals surface area contributed by atoms with Crippen LogP contribution in [-0.2, 0) is 50.1 Å². The number of hydrogen-bond donors (Lipinski definition) is 3. The van der Waals surface area contributed by atoms with E-state index in [0.717, 1.165) is 22.3 Å². The molecule has 244 valence electrons. The fraction of sp³-hybridized carbons (Fsp3) is 0.342. The molecule has 0 spiro atoms. The van der Waals surface area contributed by atoms with E-state index in [1.165, 1.54) is 0 Å². The largest absolute Gasteiger partial charge is 0.466 e. The predicted octanol–water partition coefficient (Wildman–Crippen LogP) is 5.21. The lowest BCUT2D eigenvalue weighted by atomic mass is 9.94. The van der Waals surface area contributed by atoms with Crippen molar-refractivity contribution in [1.29, 1.82) is 0 Å². The van der Waals surface area contributed by atoms with Gasteiger partial charge in [0.05, 0.1) is 39.5 Å². The van der Waals surface area contributed by atoms with Crippen LogP contribution in [0.4, 0.5) is 0 Å². The van der Waals surface area contributed by atoms with Crippen LogP contribution in [0.1, 0.15) is 35.6 Å². The first-order chi connectivity index (χ1) is 22.6. The van der Waals surface area contributed by atoms with Crippen molar-refractivity contribution in [3.05, 3.63) is 144 Å². The third-order valence-corrected chi connectivity index (χ3v) is 7.57. The zero-order valence-electron chi connectivity index (χ0n) is 26.3. The molecule has 0 saturated heterocycles. The minimum atomic E-state index is -1.30. The van der Waals surface area contributed by atoms with Crippen molar-refractivity contribution in [2.75, 3.05) is 13.2 Å². The summed E-state index contributed by atoms with van der Waals surface area (Å²) >= 11 is 0. The smallest absolute Gasteiger partial charge is 0.307 e. The lowest BCUT2D eigenvalue weighted by Gasteiger charge is -2.39. The fourth-order valence-electron chi connectivity index (χ4n) is 5.19. The minimum Gasteiger partial charge on any atom is -0.466 e. The van der Waals surface area contributed by atoms with Gasteiger partial charge >= 0.3 is 5.97 Å². The van der Waals surface area contributed by atoms with E-state index in [9.17, 15) is 15.0 Å². The van der Waals surface area contributed by atoms with Crippen LogP contribution in [0.5, 0.6) is 0 Å². The van der Waals surface area contributed by atoms with E-state index in [2.05, 4.69) is 5.32 Å². The van der Waals surface area contributed by atoms with E-state index >= 15 is 0 Å². The highest BCUT2D eigenvalue weighted by molar-refractivity contribution is 5.70. The molecule has 3 N–H and O–H groups in total. The van der Waals surface area contributed by atoms with E-state index in [1.807, 2.05) is 121 Å². The Hall–Kier alpha value is -3.89. The monoisotopic (exact) mass is 627 g/mol. The highest BCUT2D eigenvalue weighted by atomic mass is 16.6. The second kappa shape index (κ2) is 19.6. The number of aliphatic hydroxyl groups is 2. The number of rotatable bonds is 20. The minimum absolute atomic E-state index is 0.0219. The van der Waals surface area contributed by atoms with E-state index in [1.54, 1.807) is 6.92 Å². The Labute approximate surface area is 271 Å². The highest BCUT2D eigenvalue weighted by Crippen LogP contribution is 2.25. The summed E-state index contributed by atoms with van der Waals surface area (Å²) < 4.78 is 25.0. The summed E-state index contributed by atoms with van der Waals surface area (Å²) in [6, 6.07) is 38.2. The number of aliphatic hydroxyl groups excluding tert-OH is 2. The van der Waals surface area contributed by atoms with Crippen molar-refractivity contribution in [2.45, 2.75) is 70.2 Å². The molecule has 4 aromatic carbocycles. The van der Waals surface area contributed by atoms with Crippen LogP contribution in [-0.4, -0.2) is 59.9 Å². The molecule has 0 amide bonds. The summed E-state index contributed by atoms with van der Waals surface area (Å²) in [5.74, 6) is -0.396. The third kappa shape index (κ3) is 11.5. The van der Waals surface area contributed by atoms with Gasteiger partial charge in [0.25, 0.3) is 0 Å². The Bertz CT molecular complexity index is 1380. The Morgan fingerprint density at radius 1 is 0.630 bits per heavy atom. The molecule has 0 unspecified atom stereocenters. The number of esters is 1. The Balaban J connectivity index is 1.73. The van der Waals surface area contributed by atoms with Crippen molar-refractivity contribution >= 4 is 5.97 Å². The van der Waals surface area contributed by atoms with Gasteiger partial charge < -0.3 is 34.5 Å². The summed E-state index contributed by atoms with van der Waals surface area (Å²) in [7, 11) is 0. The average molecular weight is 628 g/mol. The molecule has 0 aromatic heterocycles. The molecule has 4 rings (SSSR count). The van der Waals surface area contributed by atoms with Gasteiger partial charge in [0.1, 0.15) is 24.4 Å². The molecule has 8 nitrogen and oxygen atoms in total. The van der Waals surface area contributed by atoms with Crippen LogP contribution in [0.3, 0.4) is 0 Å². The molecule has 5 atom stereocenters. The quantitative estimate of drug-likeness (QED) is 0.115. The van der Waals surface area contributed by atoms with Crippen molar-refractivity contribution < 1.29 is 34.0 Å². The third-order valence-electron chi connectivity index (χ3n) is 7.57. The summed E-state index contributed by atoms with van der Waals surface area (Å²) in [4.78, 5) is 13.0. The zero-order valence-corrected chi connectivity index (χ0v) is 26.3. The summed E-state index contributed by atoms with van der Waals surface area (Å²) in [5, 5.41) is 25.0. The SMILES string of the molecule is CCOC(=O)C[C@@H](NCc1ccccc1)[C@H](OCc1ccccc1)[C@@H](OCc1ccccc1)[C@H](OCc1ccccc1)[C@H](O)CO. The molecular weight excluding hydrogens is 582 g/mol. The number of carbonyl (C=O) groups excluding carboxylic acids is 1. The first kappa shape index (κ1) is 35.0. The van der Waals surface area contributed by atoms with Crippen molar-refractivity contribution in [2.24, 2.45) is 0 Å². The zero-order chi connectivity index (χ0) is 32.4. The molecule has 0 aliphatic heterocycles. The van der Waals surface area contributed by atoms with Gasteiger partial charge in [0.15, 0.2) is 0 Å². The van der Waals surface area contributed by atoms with Gasteiger partial charge in [-0.2, -0.15) is 0 Å². The molecule has 4 aromatic rings. The highest BCUT2D eigenvalue weighted by Gasteiger charge is 2.41. The first-order valence-corrected chi connectivity index (χ1v) is 15.8. The normalized spacial score (nSPS) is 14.6. The van der Waals surface area contributed by atoms with Gasteiger partial charge in [-0.15, -0.1) is 0 Å². The van der Waals surface area contributed by atoms with Crippen molar-refractivity contribution in [1.82, 2.24) is 5.32 Å². The van der Waals surface area contributed by atoms with Gasteiger partial charge in [-0.05, 0) is 29.2 Å². The van der Waals surface area contributed by atoms with Crippen LogP contribution in [0.25, 0.3) is 0 Å². The molecule has 0 fully saturated rings. The second-order valence-corrected chi connectivity index (χ2v) is 11.0. The molecular formula is C38H45NO7. The number of hydrogen-bond acceptors (Lipinski definition) is 8. The van der Waals surface area contributed by atoms with Gasteiger partial charge in [0.2, 0.25) is 0 Å². The summed E-state index contributed by atoms with van der Waals surface area (Å²) in [6.07, 6.45) is -4.08. The first-order valence-electron chi connectivity index (χ1n) is 15.8. The van der Waals surface area contributed by atoms with Gasteiger partial charge in [-0.1, -0.05) is 121 Å². The van der Waals surface area contributed by atoms with Gasteiger partial charge in [0, 0.05) is 12.6 Å². The van der Waals surface area contributed by atoms with E-state index in [0.29, 0.717) is 6.54 Å². The van der Waals surface area contributed by atoms with Gasteiger partial charge in [-0.25, -0.2) is 0 Å². The molecule has 0 saturated carbocycles.